The molecule has 0 aliphatic carbocycles. The molecule has 0 radical (unpaired) electrons. The number of para-hydroxylation sites is 1. The lowest BCUT2D eigenvalue weighted by Gasteiger charge is -2.19. The molecule has 108 valence electrons. The van der Waals surface area contributed by atoms with Gasteiger partial charge in [0.15, 0.2) is 0 Å². The van der Waals surface area contributed by atoms with Crippen LogP contribution in [0, 0.1) is 6.92 Å². The van der Waals surface area contributed by atoms with E-state index in [1.165, 1.54) is 22.1 Å². The van der Waals surface area contributed by atoms with Crippen molar-refractivity contribution in [1.82, 2.24) is 10.3 Å². The normalized spacial score (nSPS) is 12.7. The van der Waals surface area contributed by atoms with E-state index in [9.17, 15) is 0 Å². The van der Waals surface area contributed by atoms with Crippen LogP contribution in [0.5, 0.6) is 0 Å². The van der Waals surface area contributed by atoms with Crippen molar-refractivity contribution in [2.24, 2.45) is 0 Å². The van der Waals surface area contributed by atoms with Crippen molar-refractivity contribution >= 4 is 22.2 Å². The molecular weight excluding hydrogens is 276 g/mol. The zero-order chi connectivity index (χ0) is 14.7. The van der Waals surface area contributed by atoms with E-state index < -0.39 is 0 Å². The molecule has 3 aromatic rings. The van der Waals surface area contributed by atoms with Gasteiger partial charge in [0, 0.05) is 17.6 Å². The Bertz CT molecular complexity index is 727. The molecule has 0 fully saturated rings. The van der Waals surface area contributed by atoms with Gasteiger partial charge in [0.25, 0.3) is 0 Å². The van der Waals surface area contributed by atoms with E-state index in [-0.39, 0.29) is 0 Å². The molecule has 2 nitrogen and oxygen atoms in total. The van der Waals surface area contributed by atoms with Crippen LogP contribution < -0.4 is 5.32 Å². The highest BCUT2D eigenvalue weighted by molar-refractivity contribution is 7.08. The van der Waals surface area contributed by atoms with Gasteiger partial charge in [-0.25, -0.2) is 0 Å². The fourth-order valence-electron chi connectivity index (χ4n) is 2.82. The van der Waals surface area contributed by atoms with Crippen molar-refractivity contribution in [2.45, 2.75) is 26.3 Å². The highest BCUT2D eigenvalue weighted by Gasteiger charge is 2.15. The van der Waals surface area contributed by atoms with Gasteiger partial charge >= 0.3 is 0 Å². The molecule has 1 unspecified atom stereocenters. The minimum atomic E-state index is 0.368. The van der Waals surface area contributed by atoms with Crippen LogP contribution in [0.25, 0.3) is 10.9 Å². The van der Waals surface area contributed by atoms with E-state index in [1.807, 2.05) is 12.3 Å². The van der Waals surface area contributed by atoms with Gasteiger partial charge in [-0.3, -0.25) is 4.98 Å². The molecule has 2 aromatic heterocycles. The number of nitrogens with zero attached hydrogens (tertiary/aromatic N) is 1. The van der Waals surface area contributed by atoms with Gasteiger partial charge in [0.1, 0.15) is 0 Å². The average Bonchev–Trinajstić information content (AvgIpc) is 2.93. The van der Waals surface area contributed by atoms with Gasteiger partial charge in [-0.2, -0.15) is 11.3 Å². The maximum Gasteiger partial charge on any atom is 0.0704 e. The first kappa shape index (κ1) is 14.2. The summed E-state index contributed by atoms with van der Waals surface area (Å²) in [6.07, 6.45) is 2.91. The van der Waals surface area contributed by atoms with Crippen LogP contribution in [0.2, 0.25) is 0 Å². The Balaban J connectivity index is 1.97. The zero-order valence-electron chi connectivity index (χ0n) is 12.5. The number of nitrogens with one attached hydrogen (secondary N) is 1. The van der Waals surface area contributed by atoms with Crippen molar-refractivity contribution in [2.75, 3.05) is 6.54 Å². The minimum Gasteiger partial charge on any atom is -0.310 e. The number of aryl methyl sites for hydroxylation is 1. The number of hydrogen-bond donors (Lipinski definition) is 1. The van der Waals surface area contributed by atoms with Crippen LogP contribution in [0.1, 0.15) is 29.7 Å². The molecule has 0 bridgehead atoms. The number of hydrogen-bond acceptors (Lipinski definition) is 3. The Kier molecular flexibility index (Phi) is 4.32. The van der Waals surface area contributed by atoms with Gasteiger partial charge in [0.2, 0.25) is 0 Å². The third-order valence-electron chi connectivity index (χ3n) is 3.88. The van der Waals surface area contributed by atoms with E-state index in [4.69, 9.17) is 0 Å². The SMILES string of the molecule is CCNC(Cc1ccnc2ccccc12)c1cscc1C. The van der Waals surface area contributed by atoms with Crippen LogP contribution in [0.3, 0.4) is 0 Å². The van der Waals surface area contributed by atoms with Gasteiger partial charge in [-0.15, -0.1) is 0 Å². The Hall–Kier alpha value is -1.71. The molecular formula is C18H20N2S. The lowest BCUT2D eigenvalue weighted by Crippen LogP contribution is -2.23. The van der Waals surface area contributed by atoms with Crippen LogP contribution in [-0.4, -0.2) is 11.5 Å². The van der Waals surface area contributed by atoms with Gasteiger partial charge < -0.3 is 5.32 Å². The first-order chi connectivity index (χ1) is 10.3. The highest BCUT2D eigenvalue weighted by atomic mass is 32.1. The average molecular weight is 296 g/mol. The van der Waals surface area contributed by atoms with Crippen molar-refractivity contribution in [3.63, 3.8) is 0 Å². The summed E-state index contributed by atoms with van der Waals surface area (Å²) in [5, 5.41) is 9.38. The fourth-order valence-corrected chi connectivity index (χ4v) is 3.72. The summed E-state index contributed by atoms with van der Waals surface area (Å²) in [5.74, 6) is 0. The Morgan fingerprint density at radius 2 is 2.05 bits per heavy atom. The standard InChI is InChI=1S/C18H20N2S/c1-3-19-18(16-12-21-11-13(16)2)10-14-8-9-20-17-7-5-4-6-15(14)17/h4-9,11-12,18-19H,3,10H2,1-2H3. The summed E-state index contributed by atoms with van der Waals surface area (Å²) in [6.45, 7) is 5.34. The van der Waals surface area contributed by atoms with E-state index in [0.29, 0.717) is 6.04 Å². The second-order valence-electron chi connectivity index (χ2n) is 5.31. The number of thiophene rings is 1. The number of fused-ring (bicyclic) bond motifs is 1. The summed E-state index contributed by atoms with van der Waals surface area (Å²) < 4.78 is 0. The molecule has 0 saturated heterocycles. The van der Waals surface area contributed by atoms with Crippen molar-refractivity contribution in [3.8, 4) is 0 Å². The first-order valence-corrected chi connectivity index (χ1v) is 8.32. The van der Waals surface area contributed by atoms with Crippen LogP contribution in [0.4, 0.5) is 0 Å². The predicted octanol–water partition coefficient (Wildman–Crippen LogP) is 4.50. The van der Waals surface area contributed by atoms with Crippen molar-refractivity contribution < 1.29 is 0 Å². The van der Waals surface area contributed by atoms with E-state index in [0.717, 1.165) is 18.5 Å². The molecule has 0 aliphatic rings. The third kappa shape index (κ3) is 2.99. The molecule has 2 heterocycles. The molecule has 3 rings (SSSR count). The summed E-state index contributed by atoms with van der Waals surface area (Å²) >= 11 is 1.78. The predicted molar refractivity (Wildman–Crippen MR) is 90.9 cm³/mol. The van der Waals surface area contributed by atoms with Gasteiger partial charge in [0.05, 0.1) is 5.52 Å². The summed E-state index contributed by atoms with van der Waals surface area (Å²) in [6, 6.07) is 10.9. The maximum atomic E-state index is 4.46. The van der Waals surface area contributed by atoms with Crippen molar-refractivity contribution in [3.05, 3.63) is 64.0 Å². The number of likely N-dealkylation sites (N-methyl/N-ethyl adjacent to an activating group) is 1. The Morgan fingerprint density at radius 3 is 2.81 bits per heavy atom. The quantitative estimate of drug-likeness (QED) is 0.750. The molecule has 1 N–H and O–H groups in total. The second-order valence-corrected chi connectivity index (χ2v) is 6.06. The molecule has 1 atom stereocenters. The first-order valence-electron chi connectivity index (χ1n) is 7.38. The maximum absolute atomic E-state index is 4.46. The van der Waals surface area contributed by atoms with Crippen LogP contribution >= 0.6 is 11.3 Å². The molecule has 1 aromatic carbocycles. The monoisotopic (exact) mass is 296 g/mol. The zero-order valence-corrected chi connectivity index (χ0v) is 13.3. The second kappa shape index (κ2) is 6.37. The highest BCUT2D eigenvalue weighted by Crippen LogP contribution is 2.27. The smallest absolute Gasteiger partial charge is 0.0704 e. The number of aromatic nitrogens is 1. The summed E-state index contributed by atoms with van der Waals surface area (Å²) in [5.41, 5.74) is 5.23. The van der Waals surface area contributed by atoms with E-state index in [1.54, 1.807) is 11.3 Å². The number of pyridine rings is 1. The molecule has 0 aliphatic heterocycles. The molecule has 0 spiro atoms. The molecule has 0 amide bonds. The van der Waals surface area contributed by atoms with Crippen LogP contribution in [0.15, 0.2) is 47.3 Å². The lowest BCUT2D eigenvalue weighted by atomic mass is 9.96. The number of rotatable bonds is 5. The van der Waals surface area contributed by atoms with Gasteiger partial charge in [-0.1, -0.05) is 25.1 Å². The fraction of sp³-hybridized carbons (Fsp3) is 0.278. The topological polar surface area (TPSA) is 24.9 Å². The molecule has 0 saturated carbocycles. The van der Waals surface area contributed by atoms with Crippen LogP contribution in [-0.2, 0) is 6.42 Å². The number of benzene rings is 1. The van der Waals surface area contributed by atoms with Gasteiger partial charge in [-0.05, 0) is 59.5 Å². The van der Waals surface area contributed by atoms with Crippen molar-refractivity contribution in [1.29, 1.82) is 0 Å². The Labute approximate surface area is 129 Å². The Morgan fingerprint density at radius 1 is 1.19 bits per heavy atom. The minimum absolute atomic E-state index is 0.368. The van der Waals surface area contributed by atoms with E-state index >= 15 is 0 Å². The third-order valence-corrected chi connectivity index (χ3v) is 4.76. The summed E-state index contributed by atoms with van der Waals surface area (Å²) in [7, 11) is 0. The summed E-state index contributed by atoms with van der Waals surface area (Å²) in [4.78, 5) is 4.46. The largest absolute Gasteiger partial charge is 0.310 e. The molecule has 21 heavy (non-hydrogen) atoms. The van der Waals surface area contributed by atoms with E-state index in [2.05, 4.69) is 59.2 Å². The lowest BCUT2D eigenvalue weighted by molar-refractivity contribution is 0.550. The molecule has 3 heteroatoms.